The second kappa shape index (κ2) is 23.7. The third-order valence-corrected chi connectivity index (χ3v) is 9.99. The number of fused-ring (bicyclic) bond motifs is 2. The summed E-state index contributed by atoms with van der Waals surface area (Å²) in [6.07, 6.45) is 8.72. The Bertz CT molecular complexity index is 1380. The molecular formula is C42H66O14. The lowest BCUT2D eigenvalue weighted by atomic mass is 9.70. The van der Waals surface area contributed by atoms with Gasteiger partial charge in [0.1, 0.15) is 12.7 Å². The molecule has 0 aromatic carbocycles. The average molecular weight is 795 g/mol. The molecule has 0 radical (unpaired) electrons. The Kier molecular flexibility index (Phi) is 20.7. The maximum Gasteiger partial charge on any atom is 0.331 e. The normalized spacial score (nSPS) is 30.3. The highest BCUT2D eigenvalue weighted by Crippen LogP contribution is 2.48. The summed E-state index contributed by atoms with van der Waals surface area (Å²) in [5.41, 5.74) is -1.69. The number of carbonyl (C=O) groups is 4. The van der Waals surface area contributed by atoms with Gasteiger partial charge >= 0.3 is 23.9 Å². The van der Waals surface area contributed by atoms with E-state index in [9.17, 15) is 34.5 Å². The van der Waals surface area contributed by atoms with E-state index in [1.165, 1.54) is 26.2 Å². The van der Waals surface area contributed by atoms with Crippen LogP contribution >= 0.6 is 0 Å². The number of allylic oxidation sites excluding steroid dienone is 3. The van der Waals surface area contributed by atoms with E-state index in [1.54, 1.807) is 52.0 Å². The van der Waals surface area contributed by atoms with Crippen LogP contribution in [-0.4, -0.2) is 109 Å². The van der Waals surface area contributed by atoms with Crippen molar-refractivity contribution in [2.45, 2.75) is 155 Å². The molecule has 318 valence electrons. The van der Waals surface area contributed by atoms with Crippen LogP contribution in [0.3, 0.4) is 0 Å². The molecule has 0 amide bonds. The Morgan fingerprint density at radius 2 is 1.75 bits per heavy atom. The number of ether oxygens (including phenoxy) is 7. The number of cyclic esters (lactones) is 1. The highest BCUT2D eigenvalue weighted by molar-refractivity contribution is 5.84. The zero-order valence-corrected chi connectivity index (χ0v) is 34.5. The van der Waals surface area contributed by atoms with E-state index in [1.807, 2.05) is 19.9 Å². The molecule has 0 aliphatic carbocycles. The summed E-state index contributed by atoms with van der Waals surface area (Å²) in [6.45, 7) is 12.0. The molecule has 0 aromatic rings. The van der Waals surface area contributed by atoms with Gasteiger partial charge in [-0.25, -0.2) is 9.59 Å². The fraction of sp³-hybridized carbons (Fsp3) is 0.714. The van der Waals surface area contributed by atoms with Gasteiger partial charge in [-0.1, -0.05) is 84.8 Å². The molecule has 56 heavy (non-hydrogen) atoms. The van der Waals surface area contributed by atoms with Crippen molar-refractivity contribution in [1.82, 2.24) is 0 Å². The molecule has 0 aromatic heterocycles. The average Bonchev–Trinajstić information content (AvgIpc) is 3.10. The first-order valence-electron chi connectivity index (χ1n) is 19.7. The third kappa shape index (κ3) is 16.6. The lowest BCUT2D eigenvalue weighted by Gasteiger charge is -2.53. The van der Waals surface area contributed by atoms with Crippen LogP contribution in [0.5, 0.6) is 0 Å². The lowest BCUT2D eigenvalue weighted by Crippen LogP contribution is -2.62. The van der Waals surface area contributed by atoms with Crippen LogP contribution < -0.4 is 0 Å². The first kappa shape index (κ1) is 48.7. The Morgan fingerprint density at radius 3 is 2.41 bits per heavy atom. The molecule has 0 saturated carbocycles. The lowest BCUT2D eigenvalue weighted by molar-refractivity contribution is -0.347. The van der Waals surface area contributed by atoms with E-state index in [4.69, 9.17) is 33.2 Å². The summed E-state index contributed by atoms with van der Waals surface area (Å²) in [7, 11) is 1.21. The molecular weight excluding hydrogens is 728 g/mol. The quantitative estimate of drug-likeness (QED) is 0.0756. The zero-order valence-electron chi connectivity index (χ0n) is 34.5. The van der Waals surface area contributed by atoms with Crippen molar-refractivity contribution in [2.24, 2.45) is 10.8 Å². The van der Waals surface area contributed by atoms with Crippen LogP contribution in [0.1, 0.15) is 113 Å². The predicted molar refractivity (Wildman–Crippen MR) is 207 cm³/mol. The smallest absolute Gasteiger partial charge is 0.331 e. The van der Waals surface area contributed by atoms with Gasteiger partial charge in [-0.3, -0.25) is 9.59 Å². The molecule has 7 atom stereocenters. The zero-order chi connectivity index (χ0) is 41.9. The second-order valence-corrected chi connectivity index (χ2v) is 15.7. The van der Waals surface area contributed by atoms with Gasteiger partial charge in [-0.05, 0) is 24.8 Å². The molecule has 1 fully saturated rings. The minimum absolute atomic E-state index is 0.00309. The molecule has 0 spiro atoms. The number of aliphatic hydroxyl groups is 3. The number of unbranched alkanes of at least 4 members (excludes halogenated alkanes) is 1. The molecule has 2 aliphatic heterocycles. The molecule has 2 aliphatic rings. The van der Waals surface area contributed by atoms with E-state index >= 15 is 0 Å². The summed E-state index contributed by atoms with van der Waals surface area (Å²) >= 11 is 0. The van der Waals surface area contributed by atoms with Gasteiger partial charge in [0, 0.05) is 50.2 Å². The monoisotopic (exact) mass is 794 g/mol. The summed E-state index contributed by atoms with van der Waals surface area (Å²) in [6, 6.07) is 0. The van der Waals surface area contributed by atoms with Gasteiger partial charge in [0.15, 0.2) is 12.1 Å². The molecule has 14 nitrogen and oxygen atoms in total. The second-order valence-electron chi connectivity index (χ2n) is 15.7. The number of carbonyl (C=O) groups excluding carboxylic acids is 4. The maximum absolute atomic E-state index is 12.9. The van der Waals surface area contributed by atoms with Crippen molar-refractivity contribution >= 4 is 23.9 Å². The van der Waals surface area contributed by atoms with Crippen molar-refractivity contribution in [2.75, 3.05) is 26.9 Å². The van der Waals surface area contributed by atoms with Crippen molar-refractivity contribution in [1.29, 1.82) is 0 Å². The number of aliphatic hydroxyl groups excluding tert-OH is 2. The minimum atomic E-state index is -1.82. The van der Waals surface area contributed by atoms with Gasteiger partial charge in [-0.2, -0.15) is 0 Å². The predicted octanol–water partition coefficient (Wildman–Crippen LogP) is 5.32. The van der Waals surface area contributed by atoms with Crippen molar-refractivity contribution in [3.05, 3.63) is 48.1 Å². The van der Waals surface area contributed by atoms with Gasteiger partial charge in [0.2, 0.25) is 0 Å². The van der Waals surface area contributed by atoms with Crippen LogP contribution in [0.25, 0.3) is 0 Å². The van der Waals surface area contributed by atoms with Crippen LogP contribution in [0.4, 0.5) is 0 Å². The van der Waals surface area contributed by atoms with Crippen LogP contribution in [0, 0.1) is 10.8 Å². The first-order chi connectivity index (χ1) is 26.3. The number of methoxy groups -OCH3 is 1. The highest BCUT2D eigenvalue weighted by Gasteiger charge is 2.57. The molecule has 1 saturated heterocycles. The van der Waals surface area contributed by atoms with E-state index in [-0.39, 0.29) is 51.9 Å². The van der Waals surface area contributed by atoms with Gasteiger partial charge < -0.3 is 48.5 Å². The third-order valence-electron chi connectivity index (χ3n) is 9.99. The standard InChI is InChI=1S/C42H66O14/c1-9-11-12-13-14-17-36(45)53-28-30(23-37(46)50-8)22-32-18-21-52-38(47)25-31(44)24-34-26-35(54-29(3)43)41(6,7)42(49,56-34)27-33(16-10-2)51-20-15-19-40(4,5)39(48)55-32/h12-15,17,19,23,31-35,39,44,48-49H,9-11,16,18,20-22,24-28H2,1-8H3/b13-12+,17-14+,19-15+,30-23+/t31-,32-,33+,34-,35+,39-,42+/m1/s1. The molecule has 2 rings (SSSR count). The molecule has 3 N–H and O–H groups in total. The fourth-order valence-corrected chi connectivity index (χ4v) is 6.50. The van der Waals surface area contributed by atoms with E-state index in [2.05, 4.69) is 0 Å². The van der Waals surface area contributed by atoms with Gasteiger partial charge in [0.25, 0.3) is 0 Å². The number of hydrogen-bond donors (Lipinski definition) is 3. The van der Waals surface area contributed by atoms with E-state index in [0.717, 1.165) is 19.3 Å². The SMILES string of the molecule is CCC/C=C/C=C/C(=O)OC/C(=C/C(=O)OC)C[C@H]1CCOC(=O)C[C@H](O)C[C@@H]2C[C@H](OC(C)=O)C(C)(C)[C@](O)(C[C@H](CCC)OC/C=C/C(C)(C)[C@H](O)O1)O2. The van der Waals surface area contributed by atoms with Crippen molar-refractivity contribution < 1.29 is 67.7 Å². The Labute approximate surface area is 332 Å². The number of esters is 4. The topological polar surface area (TPSA) is 194 Å². The molecule has 0 unspecified atom stereocenters. The fourth-order valence-electron chi connectivity index (χ4n) is 6.50. The number of hydrogen-bond acceptors (Lipinski definition) is 14. The van der Waals surface area contributed by atoms with Crippen molar-refractivity contribution in [3.8, 4) is 0 Å². The largest absolute Gasteiger partial charge is 0.466 e. The van der Waals surface area contributed by atoms with Crippen LogP contribution in [0.2, 0.25) is 0 Å². The maximum atomic E-state index is 12.9. The Hall–Kier alpha value is -3.40. The summed E-state index contributed by atoms with van der Waals surface area (Å²) in [4.78, 5) is 49.8. The Morgan fingerprint density at radius 1 is 1.02 bits per heavy atom. The van der Waals surface area contributed by atoms with E-state index < -0.39 is 83.7 Å². The van der Waals surface area contributed by atoms with Crippen LogP contribution in [0.15, 0.2) is 48.1 Å². The van der Waals surface area contributed by atoms with E-state index in [0.29, 0.717) is 12.0 Å². The molecule has 14 heteroatoms. The summed E-state index contributed by atoms with van der Waals surface area (Å²) in [5.74, 6) is -4.37. The summed E-state index contributed by atoms with van der Waals surface area (Å²) < 4.78 is 40.0. The van der Waals surface area contributed by atoms with Gasteiger partial charge in [-0.15, -0.1) is 0 Å². The van der Waals surface area contributed by atoms with Gasteiger partial charge in [0.05, 0.1) is 56.6 Å². The molecule has 2 bridgehead atoms. The first-order valence-corrected chi connectivity index (χ1v) is 19.7. The molecule has 2 heterocycles. The summed E-state index contributed by atoms with van der Waals surface area (Å²) in [5, 5.41) is 34.4. The number of rotatable bonds is 12. The van der Waals surface area contributed by atoms with Crippen molar-refractivity contribution in [3.63, 3.8) is 0 Å². The highest BCUT2D eigenvalue weighted by atomic mass is 16.6. The minimum Gasteiger partial charge on any atom is -0.466 e. The van der Waals surface area contributed by atoms with Crippen LogP contribution in [-0.2, 0) is 52.3 Å². The Balaban J connectivity index is 2.39.